The van der Waals surface area contributed by atoms with Crippen molar-refractivity contribution in [3.63, 3.8) is 0 Å². The molecule has 1 aliphatic heterocycles. The number of rotatable bonds is 6. The van der Waals surface area contributed by atoms with E-state index in [2.05, 4.69) is 37.4 Å². The van der Waals surface area contributed by atoms with E-state index in [1.807, 2.05) is 24.3 Å². The van der Waals surface area contributed by atoms with E-state index in [0.717, 1.165) is 23.3 Å². The summed E-state index contributed by atoms with van der Waals surface area (Å²) in [7, 11) is 0. The fourth-order valence-electron chi connectivity index (χ4n) is 3.06. The summed E-state index contributed by atoms with van der Waals surface area (Å²) in [6.07, 6.45) is 1.71. The Balaban J connectivity index is 1.72. The van der Waals surface area contributed by atoms with Crippen molar-refractivity contribution in [1.29, 1.82) is 0 Å². The van der Waals surface area contributed by atoms with E-state index < -0.39 is 5.79 Å². The largest absolute Gasteiger partial charge is 0.411 e. The van der Waals surface area contributed by atoms with Crippen molar-refractivity contribution in [2.45, 2.75) is 61.0 Å². The third-order valence-corrected chi connectivity index (χ3v) is 7.01. The Kier molecular flexibility index (Phi) is 5.77. The van der Waals surface area contributed by atoms with Gasteiger partial charge in [-0.05, 0) is 61.4 Å². The number of nitrogens with zero attached hydrogens (tertiary/aromatic N) is 1. The summed E-state index contributed by atoms with van der Waals surface area (Å²) in [6.45, 7) is 8.70. The standard InChI is InChI=1S/C20H25NO3S2/c1-5-20(6-2)23-13-19(4,24-20)16-11-18(25-12-16)26-17-9-7-15(8-10-17)14(3)21-22/h7-12,22H,5-6,13H2,1-4H3/b21-14+. The van der Waals surface area contributed by atoms with Crippen LogP contribution in [0.2, 0.25) is 0 Å². The minimum absolute atomic E-state index is 0.389. The molecule has 1 aromatic heterocycles. The Bertz CT molecular complexity index is 781. The smallest absolute Gasteiger partial charge is 0.169 e. The van der Waals surface area contributed by atoms with Crippen LogP contribution in [-0.4, -0.2) is 23.3 Å². The summed E-state index contributed by atoms with van der Waals surface area (Å²) in [5.74, 6) is -0.452. The molecule has 1 aliphatic rings. The maximum Gasteiger partial charge on any atom is 0.169 e. The van der Waals surface area contributed by atoms with Gasteiger partial charge >= 0.3 is 0 Å². The minimum atomic E-state index is -0.452. The van der Waals surface area contributed by atoms with E-state index in [9.17, 15) is 0 Å². The van der Waals surface area contributed by atoms with Gasteiger partial charge in [-0.2, -0.15) is 0 Å². The molecule has 0 radical (unpaired) electrons. The third kappa shape index (κ3) is 3.83. The van der Waals surface area contributed by atoms with Crippen molar-refractivity contribution >= 4 is 28.8 Å². The highest BCUT2D eigenvalue weighted by Crippen LogP contribution is 2.45. The molecule has 1 atom stereocenters. The lowest BCUT2D eigenvalue weighted by Crippen LogP contribution is -2.32. The molecular formula is C20H25NO3S2. The molecule has 1 fully saturated rings. The Morgan fingerprint density at radius 2 is 1.96 bits per heavy atom. The molecule has 0 saturated carbocycles. The van der Waals surface area contributed by atoms with Crippen LogP contribution < -0.4 is 0 Å². The second-order valence-electron chi connectivity index (χ2n) is 6.71. The first-order chi connectivity index (χ1) is 12.4. The fraction of sp³-hybridized carbons (Fsp3) is 0.450. The van der Waals surface area contributed by atoms with Crippen molar-refractivity contribution in [1.82, 2.24) is 0 Å². The lowest BCUT2D eigenvalue weighted by Gasteiger charge is -2.28. The van der Waals surface area contributed by atoms with Gasteiger partial charge in [0.05, 0.1) is 16.5 Å². The van der Waals surface area contributed by atoms with Crippen LogP contribution in [0.3, 0.4) is 0 Å². The van der Waals surface area contributed by atoms with E-state index >= 15 is 0 Å². The first-order valence-corrected chi connectivity index (χ1v) is 10.5. The second kappa shape index (κ2) is 7.72. The van der Waals surface area contributed by atoms with Crippen LogP contribution in [0, 0.1) is 0 Å². The Labute approximate surface area is 163 Å². The molecule has 1 unspecified atom stereocenters. The molecule has 1 aromatic carbocycles. The maximum atomic E-state index is 8.86. The van der Waals surface area contributed by atoms with Crippen LogP contribution in [0.4, 0.5) is 0 Å². The van der Waals surface area contributed by atoms with Crippen molar-refractivity contribution in [3.8, 4) is 0 Å². The maximum absolute atomic E-state index is 8.86. The molecule has 4 nitrogen and oxygen atoms in total. The van der Waals surface area contributed by atoms with Crippen LogP contribution in [0.25, 0.3) is 0 Å². The highest BCUT2D eigenvalue weighted by molar-refractivity contribution is 8.01. The number of oxime groups is 1. The molecule has 1 saturated heterocycles. The molecule has 0 aliphatic carbocycles. The molecule has 3 rings (SSSR count). The number of thiophene rings is 1. The van der Waals surface area contributed by atoms with Crippen LogP contribution in [0.1, 0.15) is 51.7 Å². The lowest BCUT2D eigenvalue weighted by atomic mass is 10.0. The molecule has 1 N–H and O–H groups in total. The molecule has 140 valence electrons. The number of ether oxygens (including phenoxy) is 2. The van der Waals surface area contributed by atoms with Gasteiger partial charge in [-0.1, -0.05) is 42.9 Å². The number of hydrogen-bond acceptors (Lipinski definition) is 6. The highest BCUT2D eigenvalue weighted by Gasteiger charge is 2.47. The molecule has 0 spiro atoms. The van der Waals surface area contributed by atoms with Crippen molar-refractivity contribution in [2.75, 3.05) is 6.61 Å². The summed E-state index contributed by atoms with van der Waals surface area (Å²) in [4.78, 5) is 1.15. The highest BCUT2D eigenvalue weighted by atomic mass is 32.2. The zero-order valence-electron chi connectivity index (χ0n) is 15.6. The van der Waals surface area contributed by atoms with Crippen molar-refractivity contribution in [3.05, 3.63) is 46.8 Å². The van der Waals surface area contributed by atoms with E-state index in [1.165, 1.54) is 9.77 Å². The van der Waals surface area contributed by atoms with Gasteiger partial charge in [-0.15, -0.1) is 11.3 Å². The number of hydrogen-bond donors (Lipinski definition) is 1. The third-order valence-electron chi connectivity index (χ3n) is 4.93. The van der Waals surface area contributed by atoms with Gasteiger partial charge < -0.3 is 14.7 Å². The summed E-state index contributed by atoms with van der Waals surface area (Å²) in [5, 5.41) is 14.3. The molecule has 6 heteroatoms. The van der Waals surface area contributed by atoms with E-state index in [1.54, 1.807) is 30.0 Å². The van der Waals surface area contributed by atoms with Crippen LogP contribution in [0.5, 0.6) is 0 Å². The average molecular weight is 392 g/mol. The zero-order chi connectivity index (χ0) is 18.8. The van der Waals surface area contributed by atoms with Gasteiger partial charge in [-0.25, -0.2) is 0 Å². The molecule has 2 aromatic rings. The van der Waals surface area contributed by atoms with Gasteiger partial charge in [0.25, 0.3) is 0 Å². The summed E-state index contributed by atoms with van der Waals surface area (Å²) >= 11 is 3.45. The lowest BCUT2D eigenvalue weighted by molar-refractivity contribution is -0.190. The Morgan fingerprint density at radius 3 is 2.54 bits per heavy atom. The van der Waals surface area contributed by atoms with Crippen LogP contribution in [0.15, 0.2) is 50.0 Å². The first-order valence-electron chi connectivity index (χ1n) is 8.83. The van der Waals surface area contributed by atoms with Gasteiger partial charge in [0.1, 0.15) is 5.60 Å². The van der Waals surface area contributed by atoms with Crippen molar-refractivity contribution in [2.24, 2.45) is 5.16 Å². The summed E-state index contributed by atoms with van der Waals surface area (Å²) in [6, 6.07) is 10.2. The SMILES string of the molecule is CCC1(CC)OCC(C)(c2csc(Sc3ccc(/C(C)=N/O)cc3)c2)O1. The predicted octanol–water partition coefficient (Wildman–Crippen LogP) is 5.88. The molecule has 0 bridgehead atoms. The summed E-state index contributed by atoms with van der Waals surface area (Å²) < 4.78 is 13.6. The fourth-order valence-corrected chi connectivity index (χ4v) is 5.14. The topological polar surface area (TPSA) is 51.0 Å². The zero-order valence-corrected chi connectivity index (χ0v) is 17.2. The quantitative estimate of drug-likeness (QED) is 0.380. The van der Waals surface area contributed by atoms with Gasteiger partial charge in [0, 0.05) is 4.90 Å². The van der Waals surface area contributed by atoms with E-state index in [-0.39, 0.29) is 5.60 Å². The van der Waals surface area contributed by atoms with E-state index in [0.29, 0.717) is 12.3 Å². The van der Waals surface area contributed by atoms with Crippen molar-refractivity contribution < 1.29 is 14.7 Å². The predicted molar refractivity (Wildman–Crippen MR) is 107 cm³/mol. The van der Waals surface area contributed by atoms with Gasteiger partial charge in [-0.3, -0.25) is 0 Å². The summed E-state index contributed by atoms with van der Waals surface area (Å²) in [5.41, 5.74) is 2.32. The molecule has 26 heavy (non-hydrogen) atoms. The minimum Gasteiger partial charge on any atom is -0.411 e. The molecule has 0 amide bonds. The molecule has 2 heterocycles. The average Bonchev–Trinajstić information content (AvgIpc) is 3.28. The monoisotopic (exact) mass is 391 g/mol. The Hall–Kier alpha value is -1.34. The van der Waals surface area contributed by atoms with Gasteiger partial charge in [0.15, 0.2) is 5.79 Å². The van der Waals surface area contributed by atoms with Gasteiger partial charge in [0.2, 0.25) is 0 Å². The first kappa shape index (κ1) is 19.4. The molecular weight excluding hydrogens is 366 g/mol. The van der Waals surface area contributed by atoms with E-state index in [4.69, 9.17) is 14.7 Å². The van der Waals surface area contributed by atoms with Crippen LogP contribution in [-0.2, 0) is 15.1 Å². The normalized spacial score (nSPS) is 22.7. The Morgan fingerprint density at radius 1 is 1.27 bits per heavy atom. The second-order valence-corrected chi connectivity index (χ2v) is 8.99. The van der Waals surface area contributed by atoms with Crippen LogP contribution >= 0.6 is 23.1 Å². The number of benzene rings is 1.